The summed E-state index contributed by atoms with van der Waals surface area (Å²) in [5.74, 6) is -0.0436. The number of anilines is 1. The normalized spacial score (nSPS) is 10.4. The van der Waals surface area contributed by atoms with Crippen molar-refractivity contribution in [3.63, 3.8) is 0 Å². The Morgan fingerprint density at radius 3 is 2.48 bits per heavy atom. The third kappa shape index (κ3) is 4.99. The summed E-state index contributed by atoms with van der Waals surface area (Å²) in [7, 11) is 0. The molecule has 0 radical (unpaired) electrons. The zero-order chi connectivity index (χ0) is 15.2. The molecule has 2 aromatic rings. The van der Waals surface area contributed by atoms with E-state index >= 15 is 0 Å². The maximum Gasteiger partial charge on any atom is 0.238 e. The molecule has 0 fully saturated rings. The van der Waals surface area contributed by atoms with Crippen LogP contribution in [0, 0.1) is 13.8 Å². The second-order valence-corrected chi connectivity index (χ2v) is 5.96. The summed E-state index contributed by atoms with van der Waals surface area (Å²) >= 11 is 3.46. The molecule has 0 bridgehead atoms. The van der Waals surface area contributed by atoms with Crippen molar-refractivity contribution in [1.82, 2.24) is 5.32 Å². The first-order valence-electron chi connectivity index (χ1n) is 6.87. The third-order valence-electron chi connectivity index (χ3n) is 3.19. The number of aryl methyl sites for hydroxylation is 2. The van der Waals surface area contributed by atoms with E-state index in [4.69, 9.17) is 0 Å². The van der Waals surface area contributed by atoms with Gasteiger partial charge in [-0.25, -0.2) is 0 Å². The highest BCUT2D eigenvalue weighted by Crippen LogP contribution is 2.20. The van der Waals surface area contributed by atoms with E-state index in [9.17, 15) is 4.79 Å². The predicted molar refractivity (Wildman–Crippen MR) is 90.4 cm³/mol. The minimum absolute atomic E-state index is 0.0436. The number of hydrogen-bond acceptors (Lipinski definition) is 2. The highest BCUT2D eigenvalue weighted by molar-refractivity contribution is 9.10. The second-order valence-electron chi connectivity index (χ2n) is 5.10. The standard InChI is InChI=1S/C17H19BrN2O/c1-12-3-6-14(7-4-12)10-19-11-17(21)20-15-8-5-13(2)16(18)9-15/h3-9,19H,10-11H2,1-2H3,(H,20,21). The SMILES string of the molecule is Cc1ccc(CNCC(=O)Nc2ccc(C)c(Br)c2)cc1. The smallest absolute Gasteiger partial charge is 0.238 e. The van der Waals surface area contributed by atoms with E-state index in [0.717, 1.165) is 15.7 Å². The monoisotopic (exact) mass is 346 g/mol. The van der Waals surface area contributed by atoms with Gasteiger partial charge in [-0.15, -0.1) is 0 Å². The molecular formula is C17H19BrN2O. The molecule has 110 valence electrons. The summed E-state index contributed by atoms with van der Waals surface area (Å²) in [6.07, 6.45) is 0. The molecule has 0 aliphatic heterocycles. The summed E-state index contributed by atoms with van der Waals surface area (Å²) in [6, 6.07) is 14.1. The minimum Gasteiger partial charge on any atom is -0.325 e. The van der Waals surface area contributed by atoms with Crippen molar-refractivity contribution in [3.8, 4) is 0 Å². The molecule has 0 saturated heterocycles. The van der Waals surface area contributed by atoms with E-state index in [2.05, 4.69) is 57.8 Å². The predicted octanol–water partition coefficient (Wildman–Crippen LogP) is 3.79. The molecule has 0 spiro atoms. The maximum atomic E-state index is 11.9. The summed E-state index contributed by atoms with van der Waals surface area (Å²) in [4.78, 5) is 11.9. The third-order valence-corrected chi connectivity index (χ3v) is 4.05. The quantitative estimate of drug-likeness (QED) is 0.864. The minimum atomic E-state index is -0.0436. The lowest BCUT2D eigenvalue weighted by molar-refractivity contribution is -0.115. The molecule has 2 rings (SSSR count). The first-order chi connectivity index (χ1) is 10.0. The maximum absolute atomic E-state index is 11.9. The Balaban J connectivity index is 1.79. The summed E-state index contributed by atoms with van der Waals surface area (Å²) in [5.41, 5.74) is 4.35. The fourth-order valence-electron chi connectivity index (χ4n) is 1.90. The van der Waals surface area contributed by atoms with Crippen LogP contribution in [0.2, 0.25) is 0 Å². The van der Waals surface area contributed by atoms with Crippen LogP contribution in [0.4, 0.5) is 5.69 Å². The molecule has 2 N–H and O–H groups in total. The van der Waals surface area contributed by atoms with Gasteiger partial charge in [0.1, 0.15) is 0 Å². The van der Waals surface area contributed by atoms with Crippen LogP contribution in [0.5, 0.6) is 0 Å². The van der Waals surface area contributed by atoms with Gasteiger partial charge < -0.3 is 10.6 Å². The van der Waals surface area contributed by atoms with Gasteiger partial charge in [0.05, 0.1) is 6.54 Å². The summed E-state index contributed by atoms with van der Waals surface area (Å²) in [5, 5.41) is 6.02. The fraction of sp³-hybridized carbons (Fsp3) is 0.235. The number of nitrogens with one attached hydrogen (secondary N) is 2. The van der Waals surface area contributed by atoms with Crippen molar-refractivity contribution in [3.05, 3.63) is 63.6 Å². The van der Waals surface area contributed by atoms with Gasteiger partial charge in [-0.2, -0.15) is 0 Å². The Bertz CT molecular complexity index is 623. The number of benzene rings is 2. The van der Waals surface area contributed by atoms with Gasteiger partial charge in [-0.1, -0.05) is 51.8 Å². The molecule has 21 heavy (non-hydrogen) atoms. The van der Waals surface area contributed by atoms with Crippen LogP contribution in [-0.4, -0.2) is 12.5 Å². The molecule has 0 saturated carbocycles. The van der Waals surface area contributed by atoms with Gasteiger partial charge in [0, 0.05) is 16.7 Å². The molecule has 3 nitrogen and oxygen atoms in total. The van der Waals surface area contributed by atoms with Gasteiger partial charge >= 0.3 is 0 Å². The molecule has 0 aliphatic carbocycles. The van der Waals surface area contributed by atoms with Crippen LogP contribution in [0.1, 0.15) is 16.7 Å². The van der Waals surface area contributed by atoms with Crippen molar-refractivity contribution in [2.24, 2.45) is 0 Å². The van der Waals surface area contributed by atoms with Crippen molar-refractivity contribution in [2.75, 3.05) is 11.9 Å². The molecule has 2 aromatic carbocycles. The summed E-state index contributed by atoms with van der Waals surface area (Å²) < 4.78 is 0.993. The molecular weight excluding hydrogens is 328 g/mol. The lowest BCUT2D eigenvalue weighted by Gasteiger charge is -2.08. The van der Waals surface area contributed by atoms with E-state index in [1.807, 2.05) is 25.1 Å². The Kier molecular flexibility index (Phi) is 5.53. The van der Waals surface area contributed by atoms with Crippen LogP contribution < -0.4 is 10.6 Å². The number of hydrogen-bond donors (Lipinski definition) is 2. The van der Waals surface area contributed by atoms with E-state index in [1.165, 1.54) is 11.1 Å². The Morgan fingerprint density at radius 1 is 1.10 bits per heavy atom. The van der Waals surface area contributed by atoms with Gasteiger partial charge in [-0.05, 0) is 37.1 Å². The Morgan fingerprint density at radius 2 is 1.81 bits per heavy atom. The topological polar surface area (TPSA) is 41.1 Å². The molecule has 0 aliphatic rings. The molecule has 4 heteroatoms. The number of amides is 1. The summed E-state index contributed by atoms with van der Waals surface area (Å²) in [6.45, 7) is 5.05. The zero-order valence-electron chi connectivity index (χ0n) is 12.2. The Hall–Kier alpha value is -1.65. The zero-order valence-corrected chi connectivity index (χ0v) is 13.8. The van der Waals surface area contributed by atoms with Crippen LogP contribution in [0.25, 0.3) is 0 Å². The lowest BCUT2D eigenvalue weighted by Crippen LogP contribution is -2.27. The van der Waals surface area contributed by atoms with Crippen molar-refractivity contribution in [2.45, 2.75) is 20.4 Å². The van der Waals surface area contributed by atoms with E-state index in [0.29, 0.717) is 13.1 Å². The highest BCUT2D eigenvalue weighted by Gasteiger charge is 2.03. The van der Waals surface area contributed by atoms with Gasteiger partial charge in [-0.3, -0.25) is 4.79 Å². The van der Waals surface area contributed by atoms with Crippen LogP contribution >= 0.6 is 15.9 Å². The van der Waals surface area contributed by atoms with E-state index in [1.54, 1.807) is 0 Å². The van der Waals surface area contributed by atoms with Crippen LogP contribution in [0.3, 0.4) is 0 Å². The highest BCUT2D eigenvalue weighted by atomic mass is 79.9. The number of halogens is 1. The number of rotatable bonds is 5. The van der Waals surface area contributed by atoms with Crippen LogP contribution in [0.15, 0.2) is 46.9 Å². The average molecular weight is 347 g/mol. The first kappa shape index (κ1) is 15.7. The average Bonchev–Trinajstić information content (AvgIpc) is 2.45. The molecule has 0 aromatic heterocycles. The first-order valence-corrected chi connectivity index (χ1v) is 7.66. The van der Waals surface area contributed by atoms with Crippen molar-refractivity contribution < 1.29 is 4.79 Å². The second kappa shape index (κ2) is 7.38. The van der Waals surface area contributed by atoms with Crippen molar-refractivity contribution >= 4 is 27.5 Å². The molecule has 0 heterocycles. The van der Waals surface area contributed by atoms with E-state index in [-0.39, 0.29) is 5.91 Å². The van der Waals surface area contributed by atoms with Gasteiger partial charge in [0.15, 0.2) is 0 Å². The van der Waals surface area contributed by atoms with Gasteiger partial charge in [0.2, 0.25) is 5.91 Å². The molecule has 0 unspecified atom stereocenters. The Labute approximate surface area is 133 Å². The molecule has 1 amide bonds. The fourth-order valence-corrected chi connectivity index (χ4v) is 2.28. The largest absolute Gasteiger partial charge is 0.325 e. The molecule has 0 atom stereocenters. The lowest BCUT2D eigenvalue weighted by atomic mass is 10.1. The number of carbonyl (C=O) groups is 1. The van der Waals surface area contributed by atoms with Crippen molar-refractivity contribution in [1.29, 1.82) is 0 Å². The van der Waals surface area contributed by atoms with E-state index < -0.39 is 0 Å². The van der Waals surface area contributed by atoms with Crippen LogP contribution in [-0.2, 0) is 11.3 Å². The number of carbonyl (C=O) groups excluding carboxylic acids is 1. The van der Waals surface area contributed by atoms with Gasteiger partial charge in [0.25, 0.3) is 0 Å².